The first kappa shape index (κ1) is 11.4. The summed E-state index contributed by atoms with van der Waals surface area (Å²) in [5.41, 5.74) is 2.23. The van der Waals surface area contributed by atoms with Gasteiger partial charge in [-0.1, -0.05) is 29.8 Å². The second-order valence-corrected chi connectivity index (χ2v) is 4.79. The van der Waals surface area contributed by atoms with Crippen LogP contribution in [0, 0.1) is 6.92 Å². The van der Waals surface area contributed by atoms with Gasteiger partial charge in [0.1, 0.15) is 5.15 Å². The molecular formula is C12H11ClN2S. The SMILES string of the molecule is Cc1ccccc1SCc1cnc(Cl)cn1. The quantitative estimate of drug-likeness (QED) is 0.777. The van der Waals surface area contributed by atoms with E-state index in [9.17, 15) is 0 Å². The van der Waals surface area contributed by atoms with Crippen molar-refractivity contribution in [1.82, 2.24) is 9.97 Å². The molecule has 1 aromatic carbocycles. The molecule has 0 aliphatic heterocycles. The molecule has 4 heteroatoms. The molecule has 0 radical (unpaired) electrons. The van der Waals surface area contributed by atoms with Crippen LogP contribution in [-0.4, -0.2) is 9.97 Å². The molecule has 1 aromatic heterocycles. The minimum absolute atomic E-state index is 0.435. The molecule has 2 aromatic rings. The van der Waals surface area contributed by atoms with Gasteiger partial charge in [-0.3, -0.25) is 4.98 Å². The molecule has 0 N–H and O–H groups in total. The van der Waals surface area contributed by atoms with E-state index in [0.29, 0.717) is 5.15 Å². The molecule has 0 fully saturated rings. The summed E-state index contributed by atoms with van der Waals surface area (Å²) >= 11 is 7.43. The minimum atomic E-state index is 0.435. The Hall–Kier alpha value is -1.06. The standard InChI is InChI=1S/C12H11ClN2S/c1-9-4-2-3-5-11(9)16-8-10-6-15-12(13)7-14-10/h2-7H,8H2,1H3. The number of benzene rings is 1. The Balaban J connectivity index is 2.02. The number of hydrogen-bond donors (Lipinski definition) is 0. The molecule has 2 rings (SSSR count). The highest BCUT2D eigenvalue weighted by Gasteiger charge is 2.00. The Morgan fingerprint density at radius 3 is 2.69 bits per heavy atom. The van der Waals surface area contributed by atoms with Gasteiger partial charge in [-0.15, -0.1) is 11.8 Å². The van der Waals surface area contributed by atoms with Crippen LogP contribution >= 0.6 is 23.4 Å². The Labute approximate surface area is 104 Å². The lowest BCUT2D eigenvalue weighted by molar-refractivity contribution is 1.10. The summed E-state index contributed by atoms with van der Waals surface area (Å²) in [4.78, 5) is 9.49. The van der Waals surface area contributed by atoms with Crippen molar-refractivity contribution in [3.63, 3.8) is 0 Å². The fourth-order valence-electron chi connectivity index (χ4n) is 1.28. The maximum absolute atomic E-state index is 5.67. The highest BCUT2D eigenvalue weighted by Crippen LogP contribution is 2.24. The van der Waals surface area contributed by atoms with Crippen LogP contribution in [0.4, 0.5) is 0 Å². The predicted octanol–water partition coefficient (Wildman–Crippen LogP) is 3.73. The Kier molecular flexibility index (Phi) is 3.80. The van der Waals surface area contributed by atoms with Crippen LogP contribution in [0.2, 0.25) is 5.15 Å². The molecule has 2 nitrogen and oxygen atoms in total. The Morgan fingerprint density at radius 1 is 1.19 bits per heavy atom. The average Bonchev–Trinajstić information content (AvgIpc) is 2.30. The van der Waals surface area contributed by atoms with E-state index in [2.05, 4.69) is 29.0 Å². The molecule has 0 unspecified atom stereocenters. The Morgan fingerprint density at radius 2 is 2.00 bits per heavy atom. The maximum atomic E-state index is 5.67. The predicted molar refractivity (Wildman–Crippen MR) is 67.8 cm³/mol. The number of nitrogens with zero attached hydrogens (tertiary/aromatic N) is 2. The molecule has 0 saturated heterocycles. The summed E-state index contributed by atoms with van der Waals surface area (Å²) in [5, 5.41) is 0.435. The van der Waals surface area contributed by atoms with E-state index < -0.39 is 0 Å². The average molecular weight is 251 g/mol. The molecule has 0 atom stereocenters. The van der Waals surface area contributed by atoms with Crippen molar-refractivity contribution in [3.05, 3.63) is 53.1 Å². The Bertz CT molecular complexity index is 471. The number of aromatic nitrogens is 2. The zero-order valence-electron chi connectivity index (χ0n) is 8.85. The first-order valence-corrected chi connectivity index (χ1v) is 6.27. The molecule has 0 amide bonds. The van der Waals surface area contributed by atoms with Crippen molar-refractivity contribution in [1.29, 1.82) is 0 Å². The number of rotatable bonds is 3. The summed E-state index contributed by atoms with van der Waals surface area (Å²) in [5.74, 6) is 0.815. The van der Waals surface area contributed by atoms with E-state index in [1.54, 1.807) is 24.2 Å². The van der Waals surface area contributed by atoms with Crippen molar-refractivity contribution in [2.75, 3.05) is 0 Å². The number of hydrogen-bond acceptors (Lipinski definition) is 3. The van der Waals surface area contributed by atoms with Gasteiger partial charge in [-0.05, 0) is 18.6 Å². The summed E-state index contributed by atoms with van der Waals surface area (Å²) in [6.07, 6.45) is 3.29. The van der Waals surface area contributed by atoms with Gasteiger partial charge in [0.25, 0.3) is 0 Å². The summed E-state index contributed by atoms with van der Waals surface area (Å²) in [7, 11) is 0. The highest BCUT2D eigenvalue weighted by atomic mass is 35.5. The van der Waals surface area contributed by atoms with Gasteiger partial charge in [-0.25, -0.2) is 4.98 Å². The molecule has 0 saturated carbocycles. The van der Waals surface area contributed by atoms with Gasteiger partial charge in [0.05, 0.1) is 18.1 Å². The summed E-state index contributed by atoms with van der Waals surface area (Å²) < 4.78 is 0. The van der Waals surface area contributed by atoms with Gasteiger partial charge < -0.3 is 0 Å². The third kappa shape index (κ3) is 2.97. The topological polar surface area (TPSA) is 25.8 Å². The van der Waals surface area contributed by atoms with Crippen LogP contribution in [-0.2, 0) is 5.75 Å². The van der Waals surface area contributed by atoms with E-state index in [-0.39, 0.29) is 0 Å². The molecule has 82 valence electrons. The molecule has 0 aliphatic rings. The fourth-order valence-corrected chi connectivity index (χ4v) is 2.30. The first-order chi connectivity index (χ1) is 7.75. The fraction of sp³-hybridized carbons (Fsp3) is 0.167. The van der Waals surface area contributed by atoms with Crippen LogP contribution in [0.25, 0.3) is 0 Å². The smallest absolute Gasteiger partial charge is 0.147 e. The number of halogens is 1. The van der Waals surface area contributed by atoms with Crippen molar-refractivity contribution >= 4 is 23.4 Å². The second-order valence-electron chi connectivity index (χ2n) is 3.38. The van der Waals surface area contributed by atoms with Crippen LogP contribution in [0.3, 0.4) is 0 Å². The zero-order chi connectivity index (χ0) is 11.4. The molecular weight excluding hydrogens is 240 g/mol. The summed E-state index contributed by atoms with van der Waals surface area (Å²) in [6.45, 7) is 2.11. The van der Waals surface area contributed by atoms with E-state index in [1.807, 2.05) is 12.1 Å². The van der Waals surface area contributed by atoms with Gasteiger partial charge in [0, 0.05) is 10.6 Å². The van der Waals surface area contributed by atoms with Crippen molar-refractivity contribution in [3.8, 4) is 0 Å². The molecule has 0 aliphatic carbocycles. The van der Waals surface area contributed by atoms with Crippen molar-refractivity contribution in [2.24, 2.45) is 0 Å². The summed E-state index contributed by atoms with van der Waals surface area (Å²) in [6, 6.07) is 8.31. The lowest BCUT2D eigenvalue weighted by atomic mass is 10.2. The minimum Gasteiger partial charge on any atom is -0.256 e. The lowest BCUT2D eigenvalue weighted by Crippen LogP contribution is -1.89. The van der Waals surface area contributed by atoms with Crippen LogP contribution in [0.5, 0.6) is 0 Å². The van der Waals surface area contributed by atoms with Crippen molar-refractivity contribution < 1.29 is 0 Å². The van der Waals surface area contributed by atoms with E-state index in [4.69, 9.17) is 11.6 Å². The monoisotopic (exact) mass is 250 g/mol. The third-order valence-electron chi connectivity index (χ3n) is 2.14. The number of aryl methyl sites for hydroxylation is 1. The zero-order valence-corrected chi connectivity index (χ0v) is 10.4. The van der Waals surface area contributed by atoms with Crippen LogP contribution < -0.4 is 0 Å². The van der Waals surface area contributed by atoms with Gasteiger partial charge in [0.2, 0.25) is 0 Å². The highest BCUT2D eigenvalue weighted by molar-refractivity contribution is 7.98. The largest absolute Gasteiger partial charge is 0.256 e. The van der Waals surface area contributed by atoms with E-state index in [0.717, 1.165) is 11.4 Å². The first-order valence-electron chi connectivity index (χ1n) is 4.90. The van der Waals surface area contributed by atoms with Gasteiger partial charge in [0.15, 0.2) is 0 Å². The third-order valence-corrected chi connectivity index (χ3v) is 3.55. The normalized spacial score (nSPS) is 10.4. The number of thioether (sulfide) groups is 1. The second kappa shape index (κ2) is 5.32. The van der Waals surface area contributed by atoms with Crippen molar-refractivity contribution in [2.45, 2.75) is 17.6 Å². The maximum Gasteiger partial charge on any atom is 0.147 e. The van der Waals surface area contributed by atoms with Gasteiger partial charge >= 0.3 is 0 Å². The van der Waals surface area contributed by atoms with Crippen LogP contribution in [0.15, 0.2) is 41.6 Å². The van der Waals surface area contributed by atoms with Crippen LogP contribution in [0.1, 0.15) is 11.3 Å². The van der Waals surface area contributed by atoms with Gasteiger partial charge in [-0.2, -0.15) is 0 Å². The van der Waals surface area contributed by atoms with E-state index in [1.165, 1.54) is 10.5 Å². The van der Waals surface area contributed by atoms with E-state index >= 15 is 0 Å². The molecule has 0 bridgehead atoms. The molecule has 16 heavy (non-hydrogen) atoms. The molecule has 1 heterocycles. The molecule has 0 spiro atoms. The lowest BCUT2D eigenvalue weighted by Gasteiger charge is -2.04.